The van der Waals surface area contributed by atoms with Gasteiger partial charge in [-0.2, -0.15) is 0 Å². The number of hydrogen-bond donors (Lipinski definition) is 1. The number of benzene rings is 1. The number of rotatable bonds is 9. The Balaban J connectivity index is 1.18. The molecule has 9 heteroatoms. The third-order valence-electron chi connectivity index (χ3n) is 5.13. The number of thioether (sulfide) groups is 1. The summed E-state index contributed by atoms with van der Waals surface area (Å²) < 4.78 is 0. The molecule has 0 unspecified atom stereocenters. The van der Waals surface area contributed by atoms with Crippen LogP contribution in [0.3, 0.4) is 0 Å². The van der Waals surface area contributed by atoms with E-state index in [4.69, 9.17) is 0 Å². The van der Waals surface area contributed by atoms with Crippen molar-refractivity contribution >= 4 is 35.0 Å². The molecule has 0 radical (unpaired) electrons. The van der Waals surface area contributed by atoms with Crippen LogP contribution >= 0.6 is 23.1 Å². The summed E-state index contributed by atoms with van der Waals surface area (Å²) in [6.07, 6.45) is 4.50. The minimum atomic E-state index is -0.00702. The first-order chi connectivity index (χ1) is 15.3. The summed E-state index contributed by atoms with van der Waals surface area (Å²) in [6.45, 7) is 5.49. The highest BCUT2D eigenvalue weighted by molar-refractivity contribution is 7.98. The molecule has 1 N–H and O–H groups in total. The number of anilines is 1. The number of nitrogens with one attached hydrogen (secondary N) is 1. The molecule has 31 heavy (non-hydrogen) atoms. The highest BCUT2D eigenvalue weighted by Gasteiger charge is 2.18. The van der Waals surface area contributed by atoms with E-state index in [2.05, 4.69) is 30.1 Å². The Labute approximate surface area is 190 Å². The molecule has 1 aromatic carbocycles. The van der Waals surface area contributed by atoms with Gasteiger partial charge in [-0.05, 0) is 31.2 Å². The second-order valence-electron chi connectivity index (χ2n) is 7.25. The molecule has 3 aromatic rings. The first-order valence-electron chi connectivity index (χ1n) is 10.4. The lowest BCUT2D eigenvalue weighted by Gasteiger charge is -2.34. The molecule has 4 rings (SSSR count). The van der Waals surface area contributed by atoms with Crippen molar-refractivity contribution in [2.75, 3.05) is 44.2 Å². The number of carbonyl (C=O) groups is 1. The topological polar surface area (TPSA) is 74.2 Å². The maximum atomic E-state index is 12.7. The Hall–Kier alpha value is -2.49. The Kier molecular flexibility index (Phi) is 7.87. The maximum absolute atomic E-state index is 12.7. The smallest absolute Gasteiger partial charge is 0.252 e. The van der Waals surface area contributed by atoms with Gasteiger partial charge in [0.25, 0.3) is 5.91 Å². The van der Waals surface area contributed by atoms with Gasteiger partial charge in [-0.15, -0.1) is 23.1 Å². The van der Waals surface area contributed by atoms with Crippen LogP contribution in [-0.2, 0) is 5.75 Å². The number of amides is 1. The molecule has 0 atom stereocenters. The van der Waals surface area contributed by atoms with E-state index in [9.17, 15) is 4.79 Å². The molecule has 0 saturated carbocycles. The molecule has 3 heterocycles. The minimum Gasteiger partial charge on any atom is -0.352 e. The van der Waals surface area contributed by atoms with Crippen molar-refractivity contribution in [1.82, 2.24) is 25.2 Å². The number of aromatic nitrogens is 3. The molecule has 162 valence electrons. The highest BCUT2D eigenvalue weighted by Crippen LogP contribution is 2.26. The van der Waals surface area contributed by atoms with E-state index in [1.807, 2.05) is 41.2 Å². The van der Waals surface area contributed by atoms with Crippen LogP contribution in [0.25, 0.3) is 0 Å². The fourth-order valence-electron chi connectivity index (χ4n) is 3.47. The van der Waals surface area contributed by atoms with Crippen molar-refractivity contribution in [2.24, 2.45) is 0 Å². The fourth-order valence-corrected chi connectivity index (χ4v) is 5.08. The summed E-state index contributed by atoms with van der Waals surface area (Å²) in [5.74, 6) is 1.57. The van der Waals surface area contributed by atoms with E-state index in [1.165, 1.54) is 0 Å². The predicted octanol–water partition coefficient (Wildman–Crippen LogP) is 3.17. The van der Waals surface area contributed by atoms with Crippen LogP contribution in [0.15, 0.2) is 58.5 Å². The number of hydrogen-bond acceptors (Lipinski definition) is 8. The van der Waals surface area contributed by atoms with Gasteiger partial charge < -0.3 is 10.2 Å². The Morgan fingerprint density at radius 1 is 1.06 bits per heavy atom. The van der Waals surface area contributed by atoms with Crippen LogP contribution in [0.1, 0.15) is 22.5 Å². The first-order valence-corrected chi connectivity index (χ1v) is 12.3. The summed E-state index contributed by atoms with van der Waals surface area (Å²) >= 11 is 3.25. The third-order valence-corrected chi connectivity index (χ3v) is 6.88. The van der Waals surface area contributed by atoms with Crippen molar-refractivity contribution in [3.05, 3.63) is 64.9 Å². The van der Waals surface area contributed by atoms with Crippen LogP contribution in [0.4, 0.5) is 5.95 Å². The van der Waals surface area contributed by atoms with Crippen LogP contribution in [0, 0.1) is 0 Å². The van der Waals surface area contributed by atoms with E-state index >= 15 is 0 Å². The van der Waals surface area contributed by atoms with Crippen molar-refractivity contribution in [3.8, 4) is 0 Å². The highest BCUT2D eigenvalue weighted by atomic mass is 32.2. The molecule has 1 aliphatic rings. The minimum absolute atomic E-state index is 0.00702. The SMILES string of the molecule is O=C(NCCCN1CCN(c2ncccn2)CC1)c1ccccc1SCc1cscn1. The standard InChI is InChI=1S/C22H26N6OS2/c29-21(19-5-1-2-6-20(19)31-16-18-15-30-17-26-18)23-9-4-10-27-11-13-28(14-12-27)22-24-7-3-8-25-22/h1-3,5-8,15,17H,4,9-14,16H2,(H,23,29). The zero-order valence-electron chi connectivity index (χ0n) is 17.3. The molecule has 0 bridgehead atoms. The second kappa shape index (κ2) is 11.2. The van der Waals surface area contributed by atoms with Crippen molar-refractivity contribution < 1.29 is 4.79 Å². The first kappa shape index (κ1) is 21.7. The van der Waals surface area contributed by atoms with Crippen molar-refractivity contribution in [2.45, 2.75) is 17.1 Å². The lowest BCUT2D eigenvalue weighted by atomic mass is 10.2. The molecule has 1 aliphatic heterocycles. The molecular formula is C22H26N6OS2. The van der Waals surface area contributed by atoms with E-state index in [0.29, 0.717) is 6.54 Å². The number of piperazine rings is 1. The maximum Gasteiger partial charge on any atom is 0.252 e. The summed E-state index contributed by atoms with van der Waals surface area (Å²) in [6, 6.07) is 9.62. The molecular weight excluding hydrogens is 428 g/mol. The molecule has 1 saturated heterocycles. The van der Waals surface area contributed by atoms with Crippen LogP contribution < -0.4 is 10.2 Å². The molecule has 0 aliphatic carbocycles. The number of thiazole rings is 1. The van der Waals surface area contributed by atoms with E-state index in [1.54, 1.807) is 35.5 Å². The van der Waals surface area contributed by atoms with Gasteiger partial charge in [-0.25, -0.2) is 15.0 Å². The van der Waals surface area contributed by atoms with Gasteiger partial charge >= 0.3 is 0 Å². The van der Waals surface area contributed by atoms with Gasteiger partial charge in [0.05, 0.1) is 16.8 Å². The summed E-state index contributed by atoms with van der Waals surface area (Å²) in [4.78, 5) is 31.3. The Morgan fingerprint density at radius 2 is 1.87 bits per heavy atom. The average Bonchev–Trinajstić information content (AvgIpc) is 3.35. The fraction of sp³-hybridized carbons (Fsp3) is 0.364. The van der Waals surface area contributed by atoms with E-state index in [0.717, 1.165) is 67.0 Å². The summed E-state index contributed by atoms with van der Waals surface area (Å²) in [5.41, 5.74) is 3.62. The van der Waals surface area contributed by atoms with Gasteiger partial charge in [0.2, 0.25) is 5.95 Å². The quantitative estimate of drug-likeness (QED) is 0.393. The second-order valence-corrected chi connectivity index (χ2v) is 8.99. The zero-order chi connectivity index (χ0) is 21.3. The van der Waals surface area contributed by atoms with Crippen LogP contribution in [0.5, 0.6) is 0 Å². The van der Waals surface area contributed by atoms with Gasteiger partial charge in [-0.1, -0.05) is 12.1 Å². The summed E-state index contributed by atoms with van der Waals surface area (Å²) in [7, 11) is 0. The van der Waals surface area contributed by atoms with Gasteiger partial charge in [0, 0.05) is 61.1 Å². The molecule has 1 amide bonds. The normalized spacial score (nSPS) is 14.5. The van der Waals surface area contributed by atoms with Gasteiger partial charge in [0.15, 0.2) is 0 Å². The lowest BCUT2D eigenvalue weighted by molar-refractivity contribution is 0.0948. The number of nitrogens with zero attached hydrogens (tertiary/aromatic N) is 5. The Morgan fingerprint density at radius 3 is 2.65 bits per heavy atom. The van der Waals surface area contributed by atoms with Crippen molar-refractivity contribution in [3.63, 3.8) is 0 Å². The third kappa shape index (κ3) is 6.25. The van der Waals surface area contributed by atoms with Gasteiger partial charge in [0.1, 0.15) is 0 Å². The monoisotopic (exact) mass is 454 g/mol. The summed E-state index contributed by atoms with van der Waals surface area (Å²) in [5, 5.41) is 5.13. The lowest BCUT2D eigenvalue weighted by Crippen LogP contribution is -2.47. The molecule has 7 nitrogen and oxygen atoms in total. The van der Waals surface area contributed by atoms with E-state index in [-0.39, 0.29) is 5.91 Å². The molecule has 0 spiro atoms. The molecule has 2 aromatic heterocycles. The van der Waals surface area contributed by atoms with Gasteiger partial charge in [-0.3, -0.25) is 9.69 Å². The molecule has 1 fully saturated rings. The van der Waals surface area contributed by atoms with Crippen LogP contribution in [-0.4, -0.2) is 65.0 Å². The predicted molar refractivity (Wildman–Crippen MR) is 126 cm³/mol. The van der Waals surface area contributed by atoms with Crippen LogP contribution in [0.2, 0.25) is 0 Å². The average molecular weight is 455 g/mol. The largest absolute Gasteiger partial charge is 0.352 e. The van der Waals surface area contributed by atoms with Crippen molar-refractivity contribution in [1.29, 1.82) is 0 Å². The Bertz CT molecular complexity index is 946. The van der Waals surface area contributed by atoms with E-state index < -0.39 is 0 Å². The number of carbonyl (C=O) groups excluding carboxylic acids is 1. The zero-order valence-corrected chi connectivity index (χ0v) is 18.9.